The molecule has 3 heterocycles. The van der Waals surface area contributed by atoms with Crippen LogP contribution in [-0.2, 0) is 0 Å². The second kappa shape index (κ2) is 5.11. The van der Waals surface area contributed by atoms with Gasteiger partial charge in [-0.2, -0.15) is 4.98 Å². The van der Waals surface area contributed by atoms with E-state index >= 15 is 0 Å². The third-order valence-electron chi connectivity index (χ3n) is 3.33. The van der Waals surface area contributed by atoms with Gasteiger partial charge in [0.05, 0.1) is 9.90 Å². The maximum atomic E-state index is 6.25. The van der Waals surface area contributed by atoms with Gasteiger partial charge in [-0.1, -0.05) is 11.6 Å². The summed E-state index contributed by atoms with van der Waals surface area (Å²) in [4.78, 5) is 7.61. The fourth-order valence-electron chi connectivity index (χ4n) is 2.28. The number of aryl methyl sites for hydroxylation is 1. The van der Waals surface area contributed by atoms with Crippen LogP contribution in [0.5, 0.6) is 0 Å². The molecule has 0 aliphatic carbocycles. The Bertz CT molecular complexity index is 578. The topological polar surface area (TPSA) is 70.8 Å². The zero-order valence-electron chi connectivity index (χ0n) is 10.7. The second-order valence-electron chi connectivity index (χ2n) is 4.89. The number of hydrogen-bond donors (Lipinski definition) is 2. The first-order valence-electron chi connectivity index (χ1n) is 6.32. The van der Waals surface area contributed by atoms with Crippen LogP contribution in [0.15, 0.2) is 5.38 Å². The zero-order chi connectivity index (χ0) is 13.4. The first-order chi connectivity index (χ1) is 9.15. The highest BCUT2D eigenvalue weighted by Gasteiger charge is 2.21. The van der Waals surface area contributed by atoms with Crippen LogP contribution in [-0.4, -0.2) is 34.3 Å². The Morgan fingerprint density at radius 2 is 2.42 bits per heavy atom. The fourth-order valence-corrected chi connectivity index (χ4v) is 3.50. The molecular weight excluding hydrogens is 282 g/mol. The summed E-state index contributed by atoms with van der Waals surface area (Å²) in [7, 11) is 0. The molecule has 1 atom stereocenters. The maximum Gasteiger partial charge on any atom is 0.245 e. The molecule has 1 aliphatic heterocycles. The minimum Gasteiger partial charge on any atom is -0.338 e. The lowest BCUT2D eigenvalue weighted by Crippen LogP contribution is -2.43. The van der Waals surface area contributed by atoms with Crippen LogP contribution in [0.25, 0.3) is 10.7 Å². The van der Waals surface area contributed by atoms with Crippen LogP contribution in [0.3, 0.4) is 0 Å². The molecule has 0 spiro atoms. The lowest BCUT2D eigenvalue weighted by molar-refractivity contribution is 0.500. The lowest BCUT2D eigenvalue weighted by atomic mass is 10.1. The molecule has 2 aromatic heterocycles. The Balaban J connectivity index is 1.85. The van der Waals surface area contributed by atoms with Gasteiger partial charge in [0.2, 0.25) is 5.95 Å². The van der Waals surface area contributed by atoms with Crippen LogP contribution >= 0.6 is 22.9 Å². The van der Waals surface area contributed by atoms with Crippen molar-refractivity contribution in [1.82, 2.24) is 15.2 Å². The van der Waals surface area contributed by atoms with Gasteiger partial charge in [0.25, 0.3) is 0 Å². The molecule has 19 heavy (non-hydrogen) atoms. The molecule has 1 aliphatic rings. The van der Waals surface area contributed by atoms with Gasteiger partial charge in [0.1, 0.15) is 0 Å². The summed E-state index contributed by atoms with van der Waals surface area (Å²) in [5.41, 5.74) is 7.05. The Morgan fingerprint density at radius 1 is 1.58 bits per heavy atom. The van der Waals surface area contributed by atoms with Crippen molar-refractivity contribution in [3.05, 3.63) is 16.0 Å². The van der Waals surface area contributed by atoms with E-state index in [1.165, 1.54) is 0 Å². The van der Waals surface area contributed by atoms with E-state index in [0.717, 1.165) is 47.2 Å². The van der Waals surface area contributed by atoms with Gasteiger partial charge in [-0.15, -0.1) is 16.4 Å². The summed E-state index contributed by atoms with van der Waals surface area (Å²) < 4.78 is 0. The van der Waals surface area contributed by atoms with Gasteiger partial charge in [-0.3, -0.25) is 5.10 Å². The molecule has 0 bridgehead atoms. The molecule has 2 aromatic rings. The molecule has 0 radical (unpaired) electrons. The van der Waals surface area contributed by atoms with E-state index in [0.29, 0.717) is 5.95 Å². The van der Waals surface area contributed by atoms with Crippen LogP contribution < -0.4 is 10.6 Å². The van der Waals surface area contributed by atoms with Crippen molar-refractivity contribution in [2.24, 2.45) is 5.73 Å². The van der Waals surface area contributed by atoms with Gasteiger partial charge in [0, 0.05) is 19.1 Å². The van der Waals surface area contributed by atoms with Crippen molar-refractivity contribution < 1.29 is 0 Å². The minimum atomic E-state index is 0.211. The molecule has 1 unspecified atom stereocenters. The summed E-state index contributed by atoms with van der Waals surface area (Å²) in [5.74, 6) is 1.45. The minimum absolute atomic E-state index is 0.211. The summed E-state index contributed by atoms with van der Waals surface area (Å²) in [6.07, 6.45) is 2.16. The molecule has 1 fully saturated rings. The fraction of sp³-hybridized carbons (Fsp3) is 0.500. The molecule has 0 saturated carbocycles. The molecule has 0 aromatic carbocycles. The highest BCUT2D eigenvalue weighted by atomic mass is 35.5. The number of anilines is 1. The van der Waals surface area contributed by atoms with E-state index in [9.17, 15) is 0 Å². The molecule has 1 saturated heterocycles. The molecule has 0 amide bonds. The van der Waals surface area contributed by atoms with Gasteiger partial charge in [-0.05, 0) is 30.7 Å². The van der Waals surface area contributed by atoms with E-state index in [4.69, 9.17) is 17.3 Å². The number of thiophene rings is 1. The standard InChI is InChI=1S/C12H16ClN5S/c1-7-6-19-10(9(7)13)11-15-12(17-16-11)18-4-2-3-8(14)5-18/h6,8H,2-5,14H2,1H3,(H,15,16,17). The number of piperidine rings is 1. The number of aromatic amines is 1. The number of nitrogens with zero attached hydrogens (tertiary/aromatic N) is 3. The zero-order valence-corrected chi connectivity index (χ0v) is 12.3. The number of hydrogen-bond acceptors (Lipinski definition) is 5. The lowest BCUT2D eigenvalue weighted by Gasteiger charge is -2.29. The third kappa shape index (κ3) is 2.48. The van der Waals surface area contributed by atoms with Crippen molar-refractivity contribution in [2.45, 2.75) is 25.8 Å². The summed E-state index contributed by atoms with van der Waals surface area (Å²) in [6.45, 7) is 3.76. The predicted octanol–water partition coefficient (Wildman–Crippen LogP) is 2.42. The number of halogens is 1. The first kappa shape index (κ1) is 12.9. The van der Waals surface area contributed by atoms with Gasteiger partial charge in [0.15, 0.2) is 5.82 Å². The number of aromatic nitrogens is 3. The molecule has 5 nitrogen and oxygen atoms in total. The number of H-pyrrole nitrogens is 1. The van der Waals surface area contributed by atoms with Crippen molar-refractivity contribution in [3.8, 4) is 10.7 Å². The third-order valence-corrected chi connectivity index (χ3v) is 5.03. The molecular formula is C12H16ClN5S. The van der Waals surface area contributed by atoms with Crippen LogP contribution in [0.1, 0.15) is 18.4 Å². The smallest absolute Gasteiger partial charge is 0.245 e. The van der Waals surface area contributed by atoms with E-state index in [2.05, 4.69) is 20.1 Å². The highest BCUT2D eigenvalue weighted by Crippen LogP contribution is 2.35. The van der Waals surface area contributed by atoms with Crippen LogP contribution in [0.4, 0.5) is 5.95 Å². The Labute approximate surface area is 120 Å². The molecule has 7 heteroatoms. The monoisotopic (exact) mass is 297 g/mol. The predicted molar refractivity (Wildman–Crippen MR) is 78.9 cm³/mol. The average molecular weight is 298 g/mol. The molecule has 102 valence electrons. The van der Waals surface area contributed by atoms with E-state index < -0.39 is 0 Å². The molecule has 3 rings (SSSR count). The van der Waals surface area contributed by atoms with Gasteiger partial charge < -0.3 is 10.6 Å². The number of rotatable bonds is 2. The maximum absolute atomic E-state index is 6.25. The van der Waals surface area contributed by atoms with E-state index in [1.807, 2.05) is 12.3 Å². The van der Waals surface area contributed by atoms with Gasteiger partial charge >= 0.3 is 0 Å². The van der Waals surface area contributed by atoms with Crippen molar-refractivity contribution >= 4 is 28.9 Å². The quantitative estimate of drug-likeness (QED) is 0.893. The molecule has 3 N–H and O–H groups in total. The highest BCUT2D eigenvalue weighted by molar-refractivity contribution is 7.14. The average Bonchev–Trinajstić information content (AvgIpc) is 2.98. The normalized spacial score (nSPS) is 19.9. The van der Waals surface area contributed by atoms with Gasteiger partial charge in [-0.25, -0.2) is 0 Å². The largest absolute Gasteiger partial charge is 0.338 e. The van der Waals surface area contributed by atoms with Crippen molar-refractivity contribution in [1.29, 1.82) is 0 Å². The Morgan fingerprint density at radius 3 is 3.11 bits per heavy atom. The van der Waals surface area contributed by atoms with Crippen molar-refractivity contribution in [2.75, 3.05) is 18.0 Å². The van der Waals surface area contributed by atoms with Crippen LogP contribution in [0, 0.1) is 6.92 Å². The number of nitrogens with one attached hydrogen (secondary N) is 1. The Kier molecular flexibility index (Phi) is 3.47. The van der Waals surface area contributed by atoms with Crippen LogP contribution in [0.2, 0.25) is 5.02 Å². The summed E-state index contributed by atoms with van der Waals surface area (Å²) in [5, 5.41) is 10.0. The van der Waals surface area contributed by atoms with E-state index in [1.54, 1.807) is 11.3 Å². The SMILES string of the molecule is Cc1csc(-c2nc(N3CCCC(N)C3)n[nH]2)c1Cl. The van der Waals surface area contributed by atoms with E-state index in [-0.39, 0.29) is 6.04 Å². The number of nitrogens with two attached hydrogens (primary N) is 1. The summed E-state index contributed by atoms with van der Waals surface area (Å²) in [6, 6.07) is 0.211. The Hall–Kier alpha value is -1.11. The van der Waals surface area contributed by atoms with Crippen molar-refractivity contribution in [3.63, 3.8) is 0 Å². The summed E-state index contributed by atoms with van der Waals surface area (Å²) >= 11 is 7.83. The second-order valence-corrected chi connectivity index (χ2v) is 6.15. The first-order valence-corrected chi connectivity index (χ1v) is 7.58.